The van der Waals surface area contributed by atoms with Crippen molar-refractivity contribution in [2.45, 2.75) is 40.2 Å². The lowest BCUT2D eigenvalue weighted by Crippen LogP contribution is -2.25. The Balaban J connectivity index is 2.49. The van der Waals surface area contributed by atoms with E-state index in [1.54, 1.807) is 6.07 Å². The minimum atomic E-state index is -0.135. The van der Waals surface area contributed by atoms with Crippen LogP contribution >= 0.6 is 0 Å². The van der Waals surface area contributed by atoms with E-state index in [0.717, 1.165) is 29.7 Å². The fourth-order valence-electron chi connectivity index (χ4n) is 2.61. The molecule has 1 atom stereocenters. The molecule has 1 nitrogen and oxygen atoms in total. The van der Waals surface area contributed by atoms with Crippen molar-refractivity contribution in [2.75, 3.05) is 6.54 Å². The second-order valence-corrected chi connectivity index (χ2v) is 5.77. The van der Waals surface area contributed by atoms with Gasteiger partial charge in [-0.05, 0) is 56.5 Å². The van der Waals surface area contributed by atoms with Crippen molar-refractivity contribution in [1.29, 1.82) is 0 Å². The summed E-state index contributed by atoms with van der Waals surface area (Å²) in [5, 5.41) is 3.49. The van der Waals surface area contributed by atoms with Crippen LogP contribution in [0, 0.1) is 26.6 Å². The Morgan fingerprint density at radius 1 is 0.952 bits per heavy atom. The molecule has 0 saturated heterocycles. The molecule has 2 aromatic carbocycles. The maximum atomic E-state index is 14.4. The van der Waals surface area contributed by atoms with Crippen molar-refractivity contribution in [3.63, 3.8) is 0 Å². The summed E-state index contributed by atoms with van der Waals surface area (Å²) in [7, 11) is 0. The molecule has 2 rings (SSSR count). The monoisotopic (exact) mass is 285 g/mol. The van der Waals surface area contributed by atoms with Crippen LogP contribution in [0.5, 0.6) is 0 Å². The van der Waals surface area contributed by atoms with Gasteiger partial charge in [0.1, 0.15) is 5.82 Å². The van der Waals surface area contributed by atoms with Crippen LogP contribution in [0.4, 0.5) is 4.39 Å². The van der Waals surface area contributed by atoms with Gasteiger partial charge < -0.3 is 5.32 Å². The zero-order chi connectivity index (χ0) is 15.4. The smallest absolute Gasteiger partial charge is 0.128 e. The van der Waals surface area contributed by atoms with Crippen molar-refractivity contribution in [3.8, 4) is 0 Å². The lowest BCUT2D eigenvalue weighted by Gasteiger charge is -2.23. The number of benzene rings is 2. The minimum Gasteiger partial charge on any atom is -0.306 e. The maximum absolute atomic E-state index is 14.4. The average Bonchev–Trinajstić information content (AvgIpc) is 2.44. The topological polar surface area (TPSA) is 12.0 Å². The maximum Gasteiger partial charge on any atom is 0.128 e. The third-order valence-corrected chi connectivity index (χ3v) is 3.81. The predicted octanol–water partition coefficient (Wildman–Crippen LogP) is 4.84. The second-order valence-electron chi connectivity index (χ2n) is 5.77. The summed E-state index contributed by atoms with van der Waals surface area (Å²) in [5.74, 6) is -0.135. The molecule has 0 radical (unpaired) electrons. The van der Waals surface area contributed by atoms with Gasteiger partial charge in [-0.3, -0.25) is 0 Å². The van der Waals surface area contributed by atoms with E-state index in [-0.39, 0.29) is 11.9 Å². The molecule has 0 aliphatic heterocycles. The first-order valence-corrected chi connectivity index (χ1v) is 7.59. The summed E-state index contributed by atoms with van der Waals surface area (Å²) in [6, 6.07) is 11.8. The molecule has 0 fully saturated rings. The van der Waals surface area contributed by atoms with E-state index in [1.165, 1.54) is 11.1 Å². The van der Waals surface area contributed by atoms with Crippen LogP contribution in [0.2, 0.25) is 0 Å². The van der Waals surface area contributed by atoms with E-state index >= 15 is 0 Å². The minimum absolute atomic E-state index is 0.0922. The molecule has 0 aliphatic carbocycles. The summed E-state index contributed by atoms with van der Waals surface area (Å²) in [4.78, 5) is 0. The SMILES string of the molecule is CCCNC(c1cc(C)ccc1C)c1ccc(C)cc1F. The molecule has 0 saturated carbocycles. The lowest BCUT2D eigenvalue weighted by molar-refractivity contribution is 0.544. The fourth-order valence-corrected chi connectivity index (χ4v) is 2.61. The van der Waals surface area contributed by atoms with Gasteiger partial charge in [-0.15, -0.1) is 0 Å². The first-order chi connectivity index (χ1) is 10.0. The van der Waals surface area contributed by atoms with E-state index in [2.05, 4.69) is 44.3 Å². The van der Waals surface area contributed by atoms with Gasteiger partial charge in [0.2, 0.25) is 0 Å². The fraction of sp³-hybridized carbons (Fsp3) is 0.368. The van der Waals surface area contributed by atoms with Crippen LogP contribution in [-0.2, 0) is 0 Å². The number of hydrogen-bond donors (Lipinski definition) is 1. The molecule has 0 aromatic heterocycles. The van der Waals surface area contributed by atoms with Crippen molar-refractivity contribution in [2.24, 2.45) is 0 Å². The Bertz CT molecular complexity index is 619. The van der Waals surface area contributed by atoms with E-state index in [0.29, 0.717) is 0 Å². The Hall–Kier alpha value is -1.67. The number of nitrogens with one attached hydrogen (secondary N) is 1. The van der Waals surface area contributed by atoms with Crippen molar-refractivity contribution >= 4 is 0 Å². The molecule has 0 spiro atoms. The quantitative estimate of drug-likeness (QED) is 0.829. The zero-order valence-corrected chi connectivity index (χ0v) is 13.3. The van der Waals surface area contributed by atoms with Gasteiger partial charge in [-0.25, -0.2) is 4.39 Å². The molecule has 0 bridgehead atoms. The summed E-state index contributed by atoms with van der Waals surface area (Å²) in [6.45, 7) is 9.07. The molecule has 112 valence electrons. The molecule has 0 amide bonds. The van der Waals surface area contributed by atoms with Crippen LogP contribution < -0.4 is 5.32 Å². The zero-order valence-electron chi connectivity index (χ0n) is 13.3. The highest BCUT2D eigenvalue weighted by Crippen LogP contribution is 2.28. The van der Waals surface area contributed by atoms with E-state index < -0.39 is 0 Å². The lowest BCUT2D eigenvalue weighted by atomic mass is 9.92. The van der Waals surface area contributed by atoms with Gasteiger partial charge in [-0.1, -0.05) is 42.8 Å². The van der Waals surface area contributed by atoms with E-state index in [4.69, 9.17) is 0 Å². The first kappa shape index (κ1) is 15.7. The van der Waals surface area contributed by atoms with Gasteiger partial charge in [0.15, 0.2) is 0 Å². The largest absolute Gasteiger partial charge is 0.306 e. The van der Waals surface area contributed by atoms with Gasteiger partial charge in [0.25, 0.3) is 0 Å². The van der Waals surface area contributed by atoms with Crippen LogP contribution in [0.3, 0.4) is 0 Å². The van der Waals surface area contributed by atoms with Gasteiger partial charge in [-0.2, -0.15) is 0 Å². The number of halogens is 1. The predicted molar refractivity (Wildman–Crippen MR) is 87.2 cm³/mol. The molecular weight excluding hydrogens is 261 g/mol. The highest BCUT2D eigenvalue weighted by Gasteiger charge is 2.19. The molecule has 0 heterocycles. The Morgan fingerprint density at radius 3 is 2.29 bits per heavy atom. The van der Waals surface area contributed by atoms with Crippen molar-refractivity contribution in [1.82, 2.24) is 5.32 Å². The molecule has 2 heteroatoms. The van der Waals surface area contributed by atoms with Crippen LogP contribution in [0.1, 0.15) is 47.2 Å². The average molecular weight is 285 g/mol. The van der Waals surface area contributed by atoms with Gasteiger partial charge >= 0.3 is 0 Å². The van der Waals surface area contributed by atoms with Crippen molar-refractivity contribution in [3.05, 3.63) is 70.0 Å². The van der Waals surface area contributed by atoms with Crippen molar-refractivity contribution < 1.29 is 4.39 Å². The molecule has 1 unspecified atom stereocenters. The highest BCUT2D eigenvalue weighted by atomic mass is 19.1. The summed E-state index contributed by atoms with van der Waals surface area (Å²) >= 11 is 0. The van der Waals surface area contributed by atoms with E-state index in [9.17, 15) is 4.39 Å². The third kappa shape index (κ3) is 3.70. The Kier molecular flexibility index (Phi) is 5.13. The Labute approximate surface area is 127 Å². The highest BCUT2D eigenvalue weighted by molar-refractivity contribution is 5.40. The van der Waals surface area contributed by atoms with Gasteiger partial charge in [0, 0.05) is 5.56 Å². The summed E-state index contributed by atoms with van der Waals surface area (Å²) in [6.07, 6.45) is 1.02. The summed E-state index contributed by atoms with van der Waals surface area (Å²) in [5.41, 5.74) is 5.22. The Morgan fingerprint density at radius 2 is 1.62 bits per heavy atom. The molecule has 1 N–H and O–H groups in total. The number of hydrogen-bond acceptors (Lipinski definition) is 1. The van der Waals surface area contributed by atoms with Crippen LogP contribution in [-0.4, -0.2) is 6.54 Å². The molecule has 2 aromatic rings. The second kappa shape index (κ2) is 6.86. The number of aryl methyl sites for hydroxylation is 3. The normalized spacial score (nSPS) is 12.4. The molecule has 0 aliphatic rings. The first-order valence-electron chi connectivity index (χ1n) is 7.59. The van der Waals surface area contributed by atoms with Gasteiger partial charge in [0.05, 0.1) is 6.04 Å². The van der Waals surface area contributed by atoms with E-state index in [1.807, 2.05) is 19.1 Å². The standard InChI is InChI=1S/C19H24FN/c1-5-10-21-19(16-9-7-14(3)12-18(16)20)17-11-13(2)6-8-15(17)4/h6-9,11-12,19,21H,5,10H2,1-4H3. The van der Waals surface area contributed by atoms with Crippen LogP contribution in [0.25, 0.3) is 0 Å². The molecule has 21 heavy (non-hydrogen) atoms. The molecular formula is C19H24FN. The number of rotatable bonds is 5. The van der Waals surface area contributed by atoms with Crippen LogP contribution in [0.15, 0.2) is 36.4 Å². The summed E-state index contributed by atoms with van der Waals surface area (Å²) < 4.78 is 14.4. The third-order valence-electron chi connectivity index (χ3n) is 3.81.